The van der Waals surface area contributed by atoms with Gasteiger partial charge in [0.1, 0.15) is 6.61 Å². The lowest BCUT2D eigenvalue weighted by Crippen LogP contribution is -2.43. The molecular weight excluding hydrogens is 471 g/mol. The van der Waals surface area contributed by atoms with E-state index in [0.717, 1.165) is 23.6 Å². The van der Waals surface area contributed by atoms with Crippen LogP contribution in [0.3, 0.4) is 0 Å². The van der Waals surface area contributed by atoms with E-state index in [0.29, 0.717) is 19.0 Å². The largest absolute Gasteiger partial charge is 0.473 e. The molecule has 0 saturated carbocycles. The van der Waals surface area contributed by atoms with Crippen molar-refractivity contribution in [2.45, 2.75) is 31.7 Å². The summed E-state index contributed by atoms with van der Waals surface area (Å²) in [5.41, 5.74) is 2.12. The normalized spacial score (nSPS) is 11.5. The van der Waals surface area contributed by atoms with Crippen molar-refractivity contribution in [3.05, 3.63) is 59.8 Å². The van der Waals surface area contributed by atoms with Gasteiger partial charge in [-0.25, -0.2) is 4.98 Å². The van der Waals surface area contributed by atoms with E-state index in [-0.39, 0.29) is 28.7 Å². The number of nitrogens with zero attached hydrogens (tertiary/aromatic N) is 2. The summed E-state index contributed by atoms with van der Waals surface area (Å²) in [6.45, 7) is 6.33. The standard InChI is InChI=1S/C20H28N4OS.HI/c1-20(2,26-4)15-24-19(21-3)23-13-17-11-8-12-22-18(17)25-14-16-9-6-5-7-10-16;/h5-12H,13-15H2,1-4H3,(H2,21,23,24);1H. The van der Waals surface area contributed by atoms with E-state index in [9.17, 15) is 0 Å². The number of aliphatic imine (C=N–C) groups is 1. The van der Waals surface area contributed by atoms with Crippen LogP contribution in [-0.4, -0.2) is 35.5 Å². The van der Waals surface area contributed by atoms with Gasteiger partial charge in [0.05, 0.1) is 0 Å². The minimum atomic E-state index is 0. The van der Waals surface area contributed by atoms with Crippen LogP contribution in [-0.2, 0) is 13.2 Å². The Labute approximate surface area is 183 Å². The first-order valence-electron chi connectivity index (χ1n) is 8.64. The number of aromatic nitrogens is 1. The first kappa shape index (κ1) is 23.6. The van der Waals surface area contributed by atoms with Gasteiger partial charge in [0, 0.05) is 36.6 Å². The third kappa shape index (κ3) is 8.38. The average Bonchev–Trinajstić information content (AvgIpc) is 2.68. The second-order valence-electron chi connectivity index (χ2n) is 6.49. The molecule has 7 heteroatoms. The lowest BCUT2D eigenvalue weighted by atomic mass is 10.2. The molecule has 148 valence electrons. The fourth-order valence-corrected chi connectivity index (χ4v) is 2.40. The second kappa shape index (κ2) is 12.1. The highest BCUT2D eigenvalue weighted by Crippen LogP contribution is 2.19. The Hall–Kier alpha value is -1.48. The average molecular weight is 500 g/mol. The molecule has 0 aliphatic carbocycles. The van der Waals surface area contributed by atoms with Gasteiger partial charge in [-0.1, -0.05) is 36.4 Å². The molecule has 2 N–H and O–H groups in total. The summed E-state index contributed by atoms with van der Waals surface area (Å²) in [6, 6.07) is 14.0. The van der Waals surface area contributed by atoms with Crippen molar-refractivity contribution in [3.63, 3.8) is 0 Å². The summed E-state index contributed by atoms with van der Waals surface area (Å²) in [5, 5.41) is 6.70. The van der Waals surface area contributed by atoms with E-state index in [2.05, 4.69) is 40.7 Å². The number of halogens is 1. The summed E-state index contributed by atoms with van der Waals surface area (Å²) in [5.74, 6) is 1.41. The lowest BCUT2D eigenvalue weighted by molar-refractivity contribution is 0.290. The molecular formula is C20H29IN4OS. The Kier molecular flexibility index (Phi) is 10.5. The van der Waals surface area contributed by atoms with Gasteiger partial charge in [-0.3, -0.25) is 4.99 Å². The van der Waals surface area contributed by atoms with Gasteiger partial charge >= 0.3 is 0 Å². The minimum absolute atomic E-state index is 0. The molecule has 2 rings (SSSR count). The number of ether oxygens (including phenoxy) is 1. The Morgan fingerprint density at radius 3 is 2.56 bits per heavy atom. The maximum atomic E-state index is 5.91. The van der Waals surface area contributed by atoms with Crippen LogP contribution < -0.4 is 15.4 Å². The van der Waals surface area contributed by atoms with Gasteiger partial charge in [-0.05, 0) is 31.7 Å². The number of nitrogens with one attached hydrogen (secondary N) is 2. The summed E-state index contributed by atoms with van der Waals surface area (Å²) >= 11 is 1.83. The topological polar surface area (TPSA) is 58.5 Å². The molecule has 5 nitrogen and oxygen atoms in total. The zero-order valence-corrected chi connectivity index (χ0v) is 19.5. The summed E-state index contributed by atoms with van der Waals surface area (Å²) < 4.78 is 6.05. The summed E-state index contributed by atoms with van der Waals surface area (Å²) in [4.78, 5) is 8.66. The zero-order valence-electron chi connectivity index (χ0n) is 16.4. The maximum Gasteiger partial charge on any atom is 0.218 e. The zero-order chi connectivity index (χ0) is 18.8. The quantitative estimate of drug-likeness (QED) is 0.325. The Bertz CT molecular complexity index is 710. The highest BCUT2D eigenvalue weighted by molar-refractivity contribution is 14.0. The van der Waals surface area contributed by atoms with Crippen molar-refractivity contribution in [2.24, 2.45) is 4.99 Å². The van der Waals surface area contributed by atoms with Crippen molar-refractivity contribution < 1.29 is 4.74 Å². The molecule has 0 radical (unpaired) electrons. The molecule has 0 amide bonds. The molecule has 1 aromatic carbocycles. The maximum absolute atomic E-state index is 5.91. The fraction of sp³-hybridized carbons (Fsp3) is 0.400. The molecule has 0 bridgehead atoms. The number of hydrogen-bond donors (Lipinski definition) is 2. The third-order valence-electron chi connectivity index (χ3n) is 3.97. The van der Waals surface area contributed by atoms with Gasteiger partial charge < -0.3 is 15.4 Å². The highest BCUT2D eigenvalue weighted by atomic mass is 127. The van der Waals surface area contributed by atoms with Gasteiger partial charge in [0.25, 0.3) is 0 Å². The van der Waals surface area contributed by atoms with E-state index in [4.69, 9.17) is 4.74 Å². The van der Waals surface area contributed by atoms with Crippen molar-refractivity contribution in [1.29, 1.82) is 0 Å². The molecule has 2 aromatic rings. The first-order chi connectivity index (χ1) is 12.5. The SMILES string of the molecule is CN=C(NCc1cccnc1OCc1ccccc1)NCC(C)(C)SC.I. The van der Waals surface area contributed by atoms with Crippen molar-refractivity contribution >= 4 is 41.7 Å². The van der Waals surface area contributed by atoms with E-state index in [1.54, 1.807) is 13.2 Å². The Morgan fingerprint density at radius 2 is 1.89 bits per heavy atom. The molecule has 1 aromatic heterocycles. The molecule has 0 saturated heterocycles. The van der Waals surface area contributed by atoms with E-state index >= 15 is 0 Å². The summed E-state index contributed by atoms with van der Waals surface area (Å²) in [7, 11) is 1.78. The van der Waals surface area contributed by atoms with Gasteiger partial charge in [-0.2, -0.15) is 11.8 Å². The fourth-order valence-electron chi connectivity index (χ4n) is 2.18. The van der Waals surface area contributed by atoms with E-state index in [1.165, 1.54) is 0 Å². The smallest absolute Gasteiger partial charge is 0.218 e. The van der Waals surface area contributed by atoms with Crippen LogP contribution in [0.15, 0.2) is 53.7 Å². The van der Waals surface area contributed by atoms with Gasteiger partial charge in [0.2, 0.25) is 5.88 Å². The van der Waals surface area contributed by atoms with Gasteiger partial charge in [-0.15, -0.1) is 24.0 Å². The predicted molar refractivity (Wildman–Crippen MR) is 126 cm³/mol. The van der Waals surface area contributed by atoms with Crippen LogP contribution in [0, 0.1) is 0 Å². The second-order valence-corrected chi connectivity index (χ2v) is 8.00. The molecule has 0 aliphatic heterocycles. The van der Waals surface area contributed by atoms with Crippen LogP contribution in [0.4, 0.5) is 0 Å². The Balaban J connectivity index is 0.00000364. The molecule has 0 atom stereocenters. The minimum Gasteiger partial charge on any atom is -0.473 e. The predicted octanol–water partition coefficient (Wildman–Crippen LogP) is 4.09. The number of rotatable bonds is 8. The number of benzene rings is 1. The monoisotopic (exact) mass is 500 g/mol. The third-order valence-corrected chi connectivity index (χ3v) is 5.22. The highest BCUT2D eigenvalue weighted by Gasteiger charge is 2.16. The number of pyridine rings is 1. The lowest BCUT2D eigenvalue weighted by Gasteiger charge is -2.23. The molecule has 0 spiro atoms. The molecule has 27 heavy (non-hydrogen) atoms. The molecule has 1 heterocycles. The van der Waals surface area contributed by atoms with Crippen LogP contribution in [0.1, 0.15) is 25.0 Å². The van der Waals surface area contributed by atoms with Crippen LogP contribution in [0.2, 0.25) is 0 Å². The van der Waals surface area contributed by atoms with Crippen LogP contribution >= 0.6 is 35.7 Å². The summed E-state index contributed by atoms with van der Waals surface area (Å²) in [6.07, 6.45) is 3.86. The number of guanidine groups is 1. The Morgan fingerprint density at radius 1 is 1.15 bits per heavy atom. The molecule has 0 unspecified atom stereocenters. The number of hydrogen-bond acceptors (Lipinski definition) is 4. The van der Waals surface area contributed by atoms with Gasteiger partial charge in [0.15, 0.2) is 5.96 Å². The van der Waals surface area contributed by atoms with E-state index in [1.807, 2.05) is 54.2 Å². The number of thioether (sulfide) groups is 1. The van der Waals surface area contributed by atoms with Crippen LogP contribution in [0.5, 0.6) is 5.88 Å². The van der Waals surface area contributed by atoms with Crippen molar-refractivity contribution in [1.82, 2.24) is 15.6 Å². The van der Waals surface area contributed by atoms with Crippen molar-refractivity contribution in [3.8, 4) is 5.88 Å². The van der Waals surface area contributed by atoms with Crippen molar-refractivity contribution in [2.75, 3.05) is 19.8 Å². The molecule has 0 fully saturated rings. The first-order valence-corrected chi connectivity index (χ1v) is 9.87. The molecule has 0 aliphatic rings. The van der Waals surface area contributed by atoms with Crippen LogP contribution in [0.25, 0.3) is 0 Å². The van der Waals surface area contributed by atoms with E-state index < -0.39 is 0 Å².